The summed E-state index contributed by atoms with van der Waals surface area (Å²) in [6, 6.07) is 16.1. The van der Waals surface area contributed by atoms with Gasteiger partial charge in [0.1, 0.15) is 0 Å². The van der Waals surface area contributed by atoms with Crippen LogP contribution in [0.15, 0.2) is 42.5 Å². The molecule has 19 heavy (non-hydrogen) atoms. The number of hydrogen-bond donors (Lipinski definition) is 2. The number of benzene rings is 2. The van der Waals surface area contributed by atoms with E-state index >= 15 is 0 Å². The van der Waals surface area contributed by atoms with Crippen molar-refractivity contribution in [2.75, 3.05) is 17.2 Å². The lowest BCUT2D eigenvalue weighted by atomic mass is 10.1. The third kappa shape index (κ3) is 2.38. The number of rotatable bonds is 3. The van der Waals surface area contributed by atoms with Crippen LogP contribution in [-0.4, -0.2) is 6.54 Å². The van der Waals surface area contributed by atoms with E-state index in [1.165, 1.54) is 16.8 Å². The molecule has 3 rings (SSSR count). The van der Waals surface area contributed by atoms with E-state index < -0.39 is 0 Å². The topological polar surface area (TPSA) is 47.9 Å². The number of nitrogens with zero attached hydrogens (tertiary/aromatic N) is 1. The summed E-state index contributed by atoms with van der Waals surface area (Å²) in [7, 11) is 0. The molecule has 0 saturated heterocycles. The van der Waals surface area contributed by atoms with Gasteiger partial charge in [-0.3, -0.25) is 0 Å². The maximum absolute atomic E-state index is 8.89. The molecule has 0 aromatic heterocycles. The molecule has 2 N–H and O–H groups in total. The summed E-state index contributed by atoms with van der Waals surface area (Å²) in [6.45, 7) is 1.79. The van der Waals surface area contributed by atoms with E-state index in [1.807, 2.05) is 24.3 Å². The Morgan fingerprint density at radius 3 is 3.00 bits per heavy atom. The zero-order chi connectivity index (χ0) is 13.1. The van der Waals surface area contributed by atoms with Gasteiger partial charge in [0.15, 0.2) is 0 Å². The van der Waals surface area contributed by atoms with Crippen LogP contribution in [0.3, 0.4) is 0 Å². The normalized spacial score (nSPS) is 12.4. The average Bonchev–Trinajstić information content (AvgIpc) is 2.94. The Labute approximate surface area is 112 Å². The molecule has 1 aliphatic heterocycles. The summed E-state index contributed by atoms with van der Waals surface area (Å²) in [4.78, 5) is 0. The molecule has 3 heteroatoms. The van der Waals surface area contributed by atoms with Crippen molar-refractivity contribution >= 4 is 11.4 Å². The molecule has 2 aromatic rings. The highest BCUT2D eigenvalue weighted by atomic mass is 14.9. The van der Waals surface area contributed by atoms with Crippen molar-refractivity contribution in [1.82, 2.24) is 0 Å². The number of nitriles is 1. The van der Waals surface area contributed by atoms with Gasteiger partial charge in [0.25, 0.3) is 0 Å². The molecule has 0 radical (unpaired) electrons. The Kier molecular flexibility index (Phi) is 3.07. The average molecular weight is 249 g/mol. The number of nitrogens with one attached hydrogen (secondary N) is 2. The monoisotopic (exact) mass is 249 g/mol. The van der Waals surface area contributed by atoms with Crippen LogP contribution >= 0.6 is 0 Å². The fourth-order valence-corrected chi connectivity index (χ4v) is 2.45. The first-order chi connectivity index (χ1) is 9.36. The largest absolute Gasteiger partial charge is 0.384 e. The zero-order valence-electron chi connectivity index (χ0n) is 10.6. The minimum Gasteiger partial charge on any atom is -0.384 e. The van der Waals surface area contributed by atoms with Crippen molar-refractivity contribution < 1.29 is 0 Å². The Hall–Kier alpha value is -2.47. The Bertz CT molecular complexity index is 641. The van der Waals surface area contributed by atoms with Gasteiger partial charge in [-0.1, -0.05) is 24.3 Å². The third-order valence-corrected chi connectivity index (χ3v) is 3.41. The van der Waals surface area contributed by atoms with Crippen LogP contribution in [0.1, 0.15) is 16.7 Å². The first-order valence-corrected chi connectivity index (χ1v) is 6.45. The maximum Gasteiger partial charge on any atom is 0.0992 e. The molecular weight excluding hydrogens is 234 g/mol. The maximum atomic E-state index is 8.89. The van der Waals surface area contributed by atoms with E-state index in [2.05, 4.69) is 34.9 Å². The highest BCUT2D eigenvalue weighted by molar-refractivity contribution is 5.62. The van der Waals surface area contributed by atoms with Gasteiger partial charge < -0.3 is 10.6 Å². The molecular formula is C16H15N3. The smallest absolute Gasteiger partial charge is 0.0992 e. The van der Waals surface area contributed by atoms with Crippen LogP contribution in [0.25, 0.3) is 0 Å². The molecule has 1 aliphatic rings. The highest BCUT2D eigenvalue weighted by Gasteiger charge is 2.12. The molecule has 0 aliphatic carbocycles. The molecule has 0 fully saturated rings. The minimum atomic E-state index is 0.682. The van der Waals surface area contributed by atoms with Gasteiger partial charge >= 0.3 is 0 Å². The molecule has 0 saturated carbocycles. The second-order valence-electron chi connectivity index (χ2n) is 4.67. The predicted octanol–water partition coefficient (Wildman–Crippen LogP) is 3.14. The quantitative estimate of drug-likeness (QED) is 0.878. The summed E-state index contributed by atoms with van der Waals surface area (Å²) in [5.41, 5.74) is 5.60. The van der Waals surface area contributed by atoms with E-state index in [-0.39, 0.29) is 0 Å². The SMILES string of the molecule is N#Cc1cccc(NCc2cccc3c2NCC3)c1. The molecule has 2 aromatic carbocycles. The van der Waals surface area contributed by atoms with Crippen molar-refractivity contribution in [3.63, 3.8) is 0 Å². The Balaban J connectivity index is 1.76. The lowest BCUT2D eigenvalue weighted by Crippen LogP contribution is -2.03. The molecule has 0 unspecified atom stereocenters. The molecule has 0 bridgehead atoms. The Morgan fingerprint density at radius 2 is 2.11 bits per heavy atom. The summed E-state index contributed by atoms with van der Waals surface area (Å²) in [5.74, 6) is 0. The molecule has 94 valence electrons. The van der Waals surface area contributed by atoms with Gasteiger partial charge in [-0.25, -0.2) is 0 Å². The Morgan fingerprint density at radius 1 is 1.21 bits per heavy atom. The van der Waals surface area contributed by atoms with Crippen LogP contribution < -0.4 is 10.6 Å². The molecule has 0 amide bonds. The van der Waals surface area contributed by atoms with Crippen molar-refractivity contribution in [2.45, 2.75) is 13.0 Å². The summed E-state index contributed by atoms with van der Waals surface area (Å²) >= 11 is 0. The number of hydrogen-bond acceptors (Lipinski definition) is 3. The fraction of sp³-hybridized carbons (Fsp3) is 0.188. The van der Waals surface area contributed by atoms with Crippen molar-refractivity contribution in [3.05, 3.63) is 59.2 Å². The van der Waals surface area contributed by atoms with Gasteiger partial charge in [0.05, 0.1) is 11.6 Å². The van der Waals surface area contributed by atoms with Gasteiger partial charge in [-0.05, 0) is 35.7 Å². The van der Waals surface area contributed by atoms with E-state index in [4.69, 9.17) is 5.26 Å². The van der Waals surface area contributed by atoms with Crippen LogP contribution in [0, 0.1) is 11.3 Å². The lowest BCUT2D eigenvalue weighted by molar-refractivity contribution is 1.11. The van der Waals surface area contributed by atoms with E-state index in [1.54, 1.807) is 0 Å². The zero-order valence-corrected chi connectivity index (χ0v) is 10.6. The van der Waals surface area contributed by atoms with Gasteiger partial charge in [0, 0.05) is 24.5 Å². The highest BCUT2D eigenvalue weighted by Crippen LogP contribution is 2.27. The lowest BCUT2D eigenvalue weighted by Gasteiger charge is -2.11. The molecule has 1 heterocycles. The van der Waals surface area contributed by atoms with Crippen LogP contribution in [0.5, 0.6) is 0 Å². The van der Waals surface area contributed by atoms with Gasteiger partial charge in [0.2, 0.25) is 0 Å². The third-order valence-electron chi connectivity index (χ3n) is 3.41. The van der Waals surface area contributed by atoms with E-state index in [0.717, 1.165) is 25.2 Å². The second-order valence-corrected chi connectivity index (χ2v) is 4.67. The van der Waals surface area contributed by atoms with E-state index in [0.29, 0.717) is 5.56 Å². The van der Waals surface area contributed by atoms with Gasteiger partial charge in [-0.2, -0.15) is 5.26 Å². The van der Waals surface area contributed by atoms with Crippen molar-refractivity contribution in [3.8, 4) is 6.07 Å². The van der Waals surface area contributed by atoms with Crippen LogP contribution in [0.2, 0.25) is 0 Å². The molecule has 3 nitrogen and oxygen atoms in total. The molecule has 0 spiro atoms. The standard InChI is InChI=1S/C16H15N3/c17-10-12-3-1-6-15(9-12)19-11-14-5-2-4-13-7-8-18-16(13)14/h1-6,9,18-19H,7-8,11H2. The van der Waals surface area contributed by atoms with Crippen molar-refractivity contribution in [2.24, 2.45) is 0 Å². The van der Waals surface area contributed by atoms with Crippen LogP contribution in [-0.2, 0) is 13.0 Å². The minimum absolute atomic E-state index is 0.682. The fourth-order valence-electron chi connectivity index (χ4n) is 2.45. The molecule has 0 atom stereocenters. The van der Waals surface area contributed by atoms with Crippen LogP contribution in [0.4, 0.5) is 11.4 Å². The number of para-hydroxylation sites is 1. The predicted molar refractivity (Wildman–Crippen MR) is 77.1 cm³/mol. The van der Waals surface area contributed by atoms with E-state index in [9.17, 15) is 0 Å². The number of anilines is 2. The van der Waals surface area contributed by atoms with Crippen molar-refractivity contribution in [1.29, 1.82) is 5.26 Å². The summed E-state index contributed by atoms with van der Waals surface area (Å²) < 4.78 is 0. The summed E-state index contributed by atoms with van der Waals surface area (Å²) in [5, 5.41) is 15.7. The number of fused-ring (bicyclic) bond motifs is 1. The first kappa shape index (κ1) is 11.6. The first-order valence-electron chi connectivity index (χ1n) is 6.45. The second kappa shape index (κ2) is 5.03. The summed E-state index contributed by atoms with van der Waals surface area (Å²) in [6.07, 6.45) is 1.10. The van der Waals surface area contributed by atoms with Gasteiger partial charge in [-0.15, -0.1) is 0 Å².